The fraction of sp³-hybridized carbons (Fsp3) is 1.00. The van der Waals surface area contributed by atoms with E-state index in [-0.39, 0.29) is 11.1 Å². The lowest BCUT2D eigenvalue weighted by molar-refractivity contribution is -0.0966. The number of ether oxygens (including phenoxy) is 1. The summed E-state index contributed by atoms with van der Waals surface area (Å²) in [5.74, 6) is 0. The monoisotopic (exact) mass is 169 g/mol. The van der Waals surface area contributed by atoms with Crippen LogP contribution in [-0.4, -0.2) is 24.3 Å². The van der Waals surface area contributed by atoms with E-state index in [1.165, 1.54) is 25.7 Å². The molecule has 2 aliphatic rings. The summed E-state index contributed by atoms with van der Waals surface area (Å²) in [6.07, 6.45) is 5.22. The fourth-order valence-electron chi connectivity index (χ4n) is 2.18. The Morgan fingerprint density at radius 3 is 2.33 bits per heavy atom. The molecule has 0 radical (unpaired) electrons. The van der Waals surface area contributed by atoms with Crippen molar-refractivity contribution in [3.63, 3.8) is 0 Å². The van der Waals surface area contributed by atoms with Crippen molar-refractivity contribution in [3.8, 4) is 0 Å². The third-order valence-electron chi connectivity index (χ3n) is 3.14. The van der Waals surface area contributed by atoms with Gasteiger partial charge in [0.2, 0.25) is 0 Å². The molecule has 1 saturated carbocycles. The van der Waals surface area contributed by atoms with Crippen LogP contribution in [0.2, 0.25) is 0 Å². The fourth-order valence-corrected chi connectivity index (χ4v) is 2.18. The molecular formula is C10H19NO. The SMILES string of the molecule is CC1(C)COC2(CCCC2)CN1. The Morgan fingerprint density at radius 1 is 1.17 bits per heavy atom. The molecule has 0 atom stereocenters. The van der Waals surface area contributed by atoms with E-state index in [4.69, 9.17) is 4.74 Å². The molecule has 0 aromatic rings. The van der Waals surface area contributed by atoms with Gasteiger partial charge in [-0.1, -0.05) is 12.8 Å². The summed E-state index contributed by atoms with van der Waals surface area (Å²) < 4.78 is 5.98. The van der Waals surface area contributed by atoms with Crippen LogP contribution in [0, 0.1) is 0 Å². The molecule has 2 nitrogen and oxygen atoms in total. The van der Waals surface area contributed by atoms with E-state index in [1.807, 2.05) is 0 Å². The Labute approximate surface area is 74.7 Å². The highest BCUT2D eigenvalue weighted by Gasteiger charge is 2.40. The van der Waals surface area contributed by atoms with Gasteiger partial charge in [-0.2, -0.15) is 0 Å². The Bertz CT molecular complexity index is 159. The molecule has 0 amide bonds. The smallest absolute Gasteiger partial charge is 0.0807 e. The van der Waals surface area contributed by atoms with Gasteiger partial charge in [0.1, 0.15) is 0 Å². The Balaban J connectivity index is 1.97. The summed E-state index contributed by atoms with van der Waals surface area (Å²) in [6.45, 7) is 6.33. The van der Waals surface area contributed by atoms with Crippen molar-refractivity contribution >= 4 is 0 Å². The summed E-state index contributed by atoms with van der Waals surface area (Å²) in [7, 11) is 0. The Hall–Kier alpha value is -0.0800. The summed E-state index contributed by atoms with van der Waals surface area (Å²) in [6, 6.07) is 0. The first kappa shape index (κ1) is 8.52. The van der Waals surface area contributed by atoms with Crippen LogP contribution in [0.5, 0.6) is 0 Å². The predicted octanol–water partition coefficient (Wildman–Crippen LogP) is 1.70. The molecular weight excluding hydrogens is 150 g/mol. The summed E-state index contributed by atoms with van der Waals surface area (Å²) >= 11 is 0. The lowest BCUT2D eigenvalue weighted by Crippen LogP contribution is -2.58. The number of hydrogen-bond acceptors (Lipinski definition) is 2. The minimum atomic E-state index is 0.188. The van der Waals surface area contributed by atoms with E-state index < -0.39 is 0 Å². The van der Waals surface area contributed by atoms with Gasteiger partial charge in [-0.15, -0.1) is 0 Å². The number of morpholine rings is 1. The molecule has 12 heavy (non-hydrogen) atoms. The van der Waals surface area contributed by atoms with Crippen LogP contribution in [0.4, 0.5) is 0 Å². The van der Waals surface area contributed by atoms with Crippen molar-refractivity contribution in [3.05, 3.63) is 0 Å². The van der Waals surface area contributed by atoms with E-state index in [0.717, 1.165) is 13.2 Å². The highest BCUT2D eigenvalue weighted by atomic mass is 16.5. The highest BCUT2D eigenvalue weighted by Crippen LogP contribution is 2.35. The summed E-state index contributed by atoms with van der Waals surface area (Å²) in [4.78, 5) is 0. The van der Waals surface area contributed by atoms with Gasteiger partial charge in [0.05, 0.1) is 12.2 Å². The van der Waals surface area contributed by atoms with Crippen LogP contribution in [0.15, 0.2) is 0 Å². The maximum absolute atomic E-state index is 5.98. The molecule has 0 bridgehead atoms. The van der Waals surface area contributed by atoms with Crippen LogP contribution in [0.1, 0.15) is 39.5 Å². The third-order valence-corrected chi connectivity index (χ3v) is 3.14. The molecule has 0 aromatic carbocycles. The zero-order valence-corrected chi connectivity index (χ0v) is 8.15. The van der Waals surface area contributed by atoms with Crippen LogP contribution in [0.25, 0.3) is 0 Å². The van der Waals surface area contributed by atoms with Crippen LogP contribution >= 0.6 is 0 Å². The molecule has 0 aromatic heterocycles. The van der Waals surface area contributed by atoms with Crippen molar-refractivity contribution < 1.29 is 4.74 Å². The molecule has 1 saturated heterocycles. The standard InChI is InChI=1S/C10H19NO/c1-9(2)8-12-10(7-11-9)5-3-4-6-10/h11H,3-8H2,1-2H3. The topological polar surface area (TPSA) is 21.3 Å². The number of nitrogens with one attached hydrogen (secondary N) is 1. The zero-order chi connectivity index (χ0) is 8.66. The third kappa shape index (κ3) is 1.50. The van der Waals surface area contributed by atoms with Crippen molar-refractivity contribution in [1.82, 2.24) is 5.32 Å². The molecule has 70 valence electrons. The molecule has 2 heteroatoms. The van der Waals surface area contributed by atoms with E-state index >= 15 is 0 Å². The molecule has 2 fully saturated rings. The first-order chi connectivity index (χ1) is 5.62. The van der Waals surface area contributed by atoms with Crippen molar-refractivity contribution in [2.45, 2.75) is 50.7 Å². The Morgan fingerprint density at radius 2 is 1.83 bits per heavy atom. The largest absolute Gasteiger partial charge is 0.372 e. The van der Waals surface area contributed by atoms with Crippen molar-refractivity contribution in [2.75, 3.05) is 13.2 Å². The van der Waals surface area contributed by atoms with E-state index in [9.17, 15) is 0 Å². The van der Waals surface area contributed by atoms with Gasteiger partial charge in [0.15, 0.2) is 0 Å². The quantitative estimate of drug-likeness (QED) is 0.596. The van der Waals surface area contributed by atoms with Gasteiger partial charge < -0.3 is 10.1 Å². The molecule has 1 aliphatic heterocycles. The van der Waals surface area contributed by atoms with Crippen molar-refractivity contribution in [1.29, 1.82) is 0 Å². The van der Waals surface area contributed by atoms with Crippen LogP contribution < -0.4 is 5.32 Å². The van der Waals surface area contributed by atoms with Gasteiger partial charge in [0.25, 0.3) is 0 Å². The molecule has 1 spiro atoms. The Kier molecular flexibility index (Phi) is 1.92. The molecule has 2 rings (SSSR count). The average Bonchev–Trinajstić information content (AvgIpc) is 2.46. The van der Waals surface area contributed by atoms with E-state index in [2.05, 4.69) is 19.2 Å². The van der Waals surface area contributed by atoms with E-state index in [1.54, 1.807) is 0 Å². The average molecular weight is 169 g/mol. The van der Waals surface area contributed by atoms with Gasteiger partial charge in [-0.25, -0.2) is 0 Å². The second kappa shape index (κ2) is 2.71. The molecule has 1 N–H and O–H groups in total. The molecule has 0 unspecified atom stereocenters. The van der Waals surface area contributed by atoms with Gasteiger partial charge in [-0.05, 0) is 26.7 Å². The first-order valence-electron chi connectivity index (χ1n) is 5.01. The van der Waals surface area contributed by atoms with Gasteiger partial charge in [0, 0.05) is 12.1 Å². The zero-order valence-electron chi connectivity index (χ0n) is 8.15. The normalized spacial score (nSPS) is 32.5. The summed E-state index contributed by atoms with van der Waals surface area (Å²) in [5, 5.41) is 3.57. The number of rotatable bonds is 0. The first-order valence-corrected chi connectivity index (χ1v) is 5.01. The van der Waals surface area contributed by atoms with Crippen molar-refractivity contribution in [2.24, 2.45) is 0 Å². The maximum Gasteiger partial charge on any atom is 0.0807 e. The highest BCUT2D eigenvalue weighted by molar-refractivity contribution is 4.96. The maximum atomic E-state index is 5.98. The molecule has 1 heterocycles. The van der Waals surface area contributed by atoms with E-state index in [0.29, 0.717) is 0 Å². The predicted molar refractivity (Wildman–Crippen MR) is 49.2 cm³/mol. The van der Waals surface area contributed by atoms with Gasteiger partial charge in [-0.3, -0.25) is 0 Å². The second-order valence-corrected chi connectivity index (χ2v) is 4.92. The number of hydrogen-bond donors (Lipinski definition) is 1. The minimum Gasteiger partial charge on any atom is -0.372 e. The lowest BCUT2D eigenvalue weighted by atomic mass is 9.95. The summed E-state index contributed by atoms with van der Waals surface area (Å²) in [5.41, 5.74) is 0.406. The van der Waals surface area contributed by atoms with Crippen LogP contribution in [-0.2, 0) is 4.74 Å². The lowest BCUT2D eigenvalue weighted by Gasteiger charge is -2.42. The minimum absolute atomic E-state index is 0.188. The second-order valence-electron chi connectivity index (χ2n) is 4.92. The van der Waals surface area contributed by atoms with Crippen LogP contribution in [0.3, 0.4) is 0 Å². The van der Waals surface area contributed by atoms with Gasteiger partial charge >= 0.3 is 0 Å². The molecule has 1 aliphatic carbocycles.